The van der Waals surface area contributed by atoms with E-state index in [0.29, 0.717) is 6.42 Å². The van der Waals surface area contributed by atoms with E-state index in [1.807, 2.05) is 30.3 Å². The molecule has 3 N–H and O–H groups in total. The zero-order valence-corrected chi connectivity index (χ0v) is 13.6. The number of carbonyl (C=O) groups excluding carboxylic acids is 1. The Labute approximate surface area is 128 Å². The van der Waals surface area contributed by atoms with Gasteiger partial charge in [-0.1, -0.05) is 50.1 Å². The summed E-state index contributed by atoms with van der Waals surface area (Å²) in [7, 11) is 3.90. The van der Waals surface area contributed by atoms with Gasteiger partial charge in [-0.3, -0.25) is 4.79 Å². The summed E-state index contributed by atoms with van der Waals surface area (Å²) in [5, 5.41) is 3.15. The number of hydrogen-bond acceptors (Lipinski definition) is 3. The largest absolute Gasteiger partial charge is 0.368 e. The third-order valence-electron chi connectivity index (χ3n) is 4.13. The standard InChI is InChI=1S/C17H29N3O/c1-4-5-9-13-20(3)14-12-17(19-2,16(18)21)15-10-7-6-8-11-15/h6-8,10-11,19H,4-5,9,12-14H2,1-3H3,(H2,18,21). The van der Waals surface area contributed by atoms with Crippen molar-refractivity contribution in [3.05, 3.63) is 35.9 Å². The number of nitrogens with two attached hydrogens (primary N) is 1. The second kappa shape index (κ2) is 8.80. The number of nitrogens with one attached hydrogen (secondary N) is 1. The Bertz CT molecular complexity index is 421. The number of amides is 1. The summed E-state index contributed by atoms with van der Waals surface area (Å²) >= 11 is 0. The van der Waals surface area contributed by atoms with Crippen LogP contribution in [0.4, 0.5) is 0 Å². The third kappa shape index (κ3) is 4.83. The first-order valence-electron chi connectivity index (χ1n) is 7.79. The maximum atomic E-state index is 12.1. The van der Waals surface area contributed by atoms with Gasteiger partial charge in [0.25, 0.3) is 0 Å². The smallest absolute Gasteiger partial charge is 0.242 e. The van der Waals surface area contributed by atoms with Crippen molar-refractivity contribution in [3.63, 3.8) is 0 Å². The summed E-state index contributed by atoms with van der Waals surface area (Å²) in [5.74, 6) is -0.321. The fraction of sp³-hybridized carbons (Fsp3) is 0.588. The number of likely N-dealkylation sites (N-methyl/N-ethyl adjacent to an activating group) is 1. The van der Waals surface area contributed by atoms with E-state index in [4.69, 9.17) is 5.73 Å². The van der Waals surface area contributed by atoms with Crippen LogP contribution in [0.5, 0.6) is 0 Å². The van der Waals surface area contributed by atoms with Gasteiger partial charge in [0.15, 0.2) is 0 Å². The summed E-state index contributed by atoms with van der Waals surface area (Å²) in [6, 6.07) is 9.74. The Morgan fingerprint density at radius 3 is 2.43 bits per heavy atom. The molecule has 118 valence electrons. The van der Waals surface area contributed by atoms with Crippen molar-refractivity contribution in [2.45, 2.75) is 38.1 Å². The molecule has 21 heavy (non-hydrogen) atoms. The lowest BCUT2D eigenvalue weighted by atomic mass is 9.85. The molecule has 1 aromatic carbocycles. The van der Waals surface area contributed by atoms with Gasteiger partial charge >= 0.3 is 0 Å². The highest BCUT2D eigenvalue weighted by atomic mass is 16.1. The van der Waals surface area contributed by atoms with Crippen LogP contribution in [0, 0.1) is 0 Å². The quantitative estimate of drug-likeness (QED) is 0.649. The molecule has 0 heterocycles. The molecule has 4 heteroatoms. The Morgan fingerprint density at radius 1 is 1.24 bits per heavy atom. The number of primary amides is 1. The van der Waals surface area contributed by atoms with Gasteiger partial charge in [0.1, 0.15) is 5.54 Å². The molecule has 0 radical (unpaired) electrons. The summed E-state index contributed by atoms with van der Waals surface area (Å²) in [4.78, 5) is 14.3. The molecule has 1 unspecified atom stereocenters. The molecular weight excluding hydrogens is 262 g/mol. The zero-order chi connectivity index (χ0) is 15.7. The van der Waals surface area contributed by atoms with Crippen molar-refractivity contribution in [2.75, 3.05) is 27.2 Å². The third-order valence-corrected chi connectivity index (χ3v) is 4.13. The summed E-state index contributed by atoms with van der Waals surface area (Å²) in [5.41, 5.74) is 5.84. The van der Waals surface area contributed by atoms with Gasteiger partial charge in [0, 0.05) is 6.54 Å². The van der Waals surface area contributed by atoms with E-state index in [1.165, 1.54) is 19.3 Å². The van der Waals surface area contributed by atoms with E-state index in [-0.39, 0.29) is 5.91 Å². The number of rotatable bonds is 10. The van der Waals surface area contributed by atoms with E-state index in [2.05, 4.69) is 24.2 Å². The van der Waals surface area contributed by atoms with Gasteiger partial charge in [-0.15, -0.1) is 0 Å². The molecule has 0 aromatic heterocycles. The Hall–Kier alpha value is -1.39. The predicted octanol–water partition coefficient (Wildman–Crippen LogP) is 2.10. The Morgan fingerprint density at radius 2 is 1.90 bits per heavy atom. The van der Waals surface area contributed by atoms with Gasteiger partial charge in [0.2, 0.25) is 5.91 Å². The second-order valence-electron chi connectivity index (χ2n) is 5.65. The monoisotopic (exact) mass is 291 g/mol. The van der Waals surface area contributed by atoms with Crippen LogP contribution < -0.4 is 11.1 Å². The molecule has 4 nitrogen and oxygen atoms in total. The highest BCUT2D eigenvalue weighted by molar-refractivity contribution is 5.86. The Kier molecular flexibility index (Phi) is 7.40. The molecule has 0 fully saturated rings. The van der Waals surface area contributed by atoms with Crippen molar-refractivity contribution in [1.29, 1.82) is 0 Å². The maximum absolute atomic E-state index is 12.1. The first kappa shape index (κ1) is 17.7. The molecule has 0 saturated heterocycles. The fourth-order valence-corrected chi connectivity index (χ4v) is 2.63. The van der Waals surface area contributed by atoms with Crippen LogP contribution in [-0.2, 0) is 10.3 Å². The molecule has 0 aliphatic heterocycles. The average Bonchev–Trinajstić information content (AvgIpc) is 2.49. The summed E-state index contributed by atoms with van der Waals surface area (Å²) < 4.78 is 0. The number of nitrogens with zero attached hydrogens (tertiary/aromatic N) is 1. The normalized spacial score (nSPS) is 14.1. The van der Waals surface area contributed by atoms with Crippen LogP contribution >= 0.6 is 0 Å². The lowest BCUT2D eigenvalue weighted by Crippen LogP contribution is -2.52. The lowest BCUT2D eigenvalue weighted by molar-refractivity contribution is -0.125. The van der Waals surface area contributed by atoms with E-state index in [9.17, 15) is 4.79 Å². The summed E-state index contributed by atoms with van der Waals surface area (Å²) in [6.45, 7) is 4.10. The van der Waals surface area contributed by atoms with Crippen molar-refractivity contribution in [2.24, 2.45) is 5.73 Å². The number of unbranched alkanes of at least 4 members (excludes halogenated alkanes) is 2. The molecule has 0 saturated carbocycles. The van der Waals surface area contributed by atoms with Gasteiger partial charge in [-0.2, -0.15) is 0 Å². The van der Waals surface area contributed by atoms with E-state index in [0.717, 1.165) is 18.7 Å². The highest BCUT2D eigenvalue weighted by Crippen LogP contribution is 2.24. The van der Waals surface area contributed by atoms with Crippen LogP contribution in [0.1, 0.15) is 38.2 Å². The van der Waals surface area contributed by atoms with Gasteiger partial charge < -0.3 is 16.0 Å². The first-order chi connectivity index (χ1) is 10.1. The van der Waals surface area contributed by atoms with E-state index in [1.54, 1.807) is 7.05 Å². The van der Waals surface area contributed by atoms with Gasteiger partial charge in [0.05, 0.1) is 0 Å². The van der Waals surface area contributed by atoms with Crippen LogP contribution in [0.15, 0.2) is 30.3 Å². The fourth-order valence-electron chi connectivity index (χ4n) is 2.63. The minimum absolute atomic E-state index is 0.321. The average molecular weight is 291 g/mol. The number of benzene rings is 1. The van der Waals surface area contributed by atoms with Crippen LogP contribution in [-0.4, -0.2) is 38.0 Å². The van der Waals surface area contributed by atoms with Crippen molar-refractivity contribution in [1.82, 2.24) is 10.2 Å². The molecule has 1 aromatic rings. The number of carbonyl (C=O) groups is 1. The Balaban J connectivity index is 2.74. The van der Waals surface area contributed by atoms with Gasteiger partial charge in [-0.25, -0.2) is 0 Å². The predicted molar refractivity (Wildman–Crippen MR) is 88.0 cm³/mol. The van der Waals surface area contributed by atoms with Crippen LogP contribution in [0.2, 0.25) is 0 Å². The maximum Gasteiger partial charge on any atom is 0.242 e. The molecule has 1 rings (SSSR count). The molecular formula is C17H29N3O. The molecule has 0 aliphatic carbocycles. The molecule has 0 spiro atoms. The molecule has 1 atom stereocenters. The van der Waals surface area contributed by atoms with Crippen molar-refractivity contribution in [3.8, 4) is 0 Å². The number of hydrogen-bond donors (Lipinski definition) is 2. The SMILES string of the molecule is CCCCCN(C)CCC(NC)(C(N)=O)c1ccccc1. The van der Waals surface area contributed by atoms with Crippen molar-refractivity contribution >= 4 is 5.91 Å². The van der Waals surface area contributed by atoms with Crippen LogP contribution in [0.25, 0.3) is 0 Å². The first-order valence-corrected chi connectivity index (χ1v) is 7.79. The van der Waals surface area contributed by atoms with Gasteiger partial charge in [-0.05, 0) is 39.0 Å². The summed E-state index contributed by atoms with van der Waals surface area (Å²) in [6.07, 6.45) is 4.34. The highest BCUT2D eigenvalue weighted by Gasteiger charge is 2.36. The minimum Gasteiger partial charge on any atom is -0.368 e. The second-order valence-corrected chi connectivity index (χ2v) is 5.65. The topological polar surface area (TPSA) is 58.4 Å². The molecule has 1 amide bonds. The molecule has 0 bridgehead atoms. The van der Waals surface area contributed by atoms with Crippen LogP contribution in [0.3, 0.4) is 0 Å². The lowest BCUT2D eigenvalue weighted by Gasteiger charge is -2.32. The van der Waals surface area contributed by atoms with E-state index >= 15 is 0 Å². The zero-order valence-electron chi connectivity index (χ0n) is 13.6. The minimum atomic E-state index is -0.791. The molecule has 0 aliphatic rings. The van der Waals surface area contributed by atoms with Crippen molar-refractivity contribution < 1.29 is 4.79 Å². The van der Waals surface area contributed by atoms with E-state index < -0.39 is 5.54 Å².